The SMILES string of the molecule is C[C@@H](NCCCN1CCCC1)c1ccc(S(C)(=O)=O)cc1. The van der Waals surface area contributed by atoms with Crippen molar-refractivity contribution < 1.29 is 8.42 Å². The molecule has 0 aliphatic carbocycles. The quantitative estimate of drug-likeness (QED) is 0.785. The molecule has 21 heavy (non-hydrogen) atoms. The highest BCUT2D eigenvalue weighted by Gasteiger charge is 2.11. The highest BCUT2D eigenvalue weighted by molar-refractivity contribution is 7.90. The molecular formula is C16H26N2O2S. The van der Waals surface area contributed by atoms with Crippen LogP contribution in [-0.2, 0) is 9.84 Å². The van der Waals surface area contributed by atoms with Gasteiger partial charge in [-0.25, -0.2) is 8.42 Å². The van der Waals surface area contributed by atoms with Gasteiger partial charge in [-0.15, -0.1) is 0 Å². The minimum atomic E-state index is -3.10. The Morgan fingerprint density at radius 2 is 1.81 bits per heavy atom. The molecule has 1 aromatic rings. The van der Waals surface area contributed by atoms with E-state index in [1.165, 1.54) is 38.7 Å². The zero-order valence-electron chi connectivity index (χ0n) is 13.0. The van der Waals surface area contributed by atoms with Gasteiger partial charge >= 0.3 is 0 Å². The van der Waals surface area contributed by atoms with E-state index in [0.29, 0.717) is 4.90 Å². The Bertz CT molecular complexity index is 534. The lowest BCUT2D eigenvalue weighted by molar-refractivity contribution is 0.328. The second-order valence-corrected chi connectivity index (χ2v) is 7.94. The van der Waals surface area contributed by atoms with Crippen molar-refractivity contribution >= 4 is 9.84 Å². The summed E-state index contributed by atoms with van der Waals surface area (Å²) in [7, 11) is -3.10. The molecule has 0 aromatic heterocycles. The van der Waals surface area contributed by atoms with Crippen LogP contribution in [0.2, 0.25) is 0 Å². The molecule has 0 unspecified atom stereocenters. The summed E-state index contributed by atoms with van der Waals surface area (Å²) in [5.74, 6) is 0. The van der Waals surface area contributed by atoms with E-state index in [4.69, 9.17) is 0 Å². The molecule has 0 radical (unpaired) electrons. The van der Waals surface area contributed by atoms with Crippen LogP contribution in [0, 0.1) is 0 Å². The van der Waals surface area contributed by atoms with Crippen LogP contribution in [-0.4, -0.2) is 45.8 Å². The standard InChI is InChI=1S/C16H26N2O2S/c1-14(17-10-5-13-18-11-3-4-12-18)15-6-8-16(9-7-15)21(2,19)20/h6-9,14,17H,3-5,10-13H2,1-2H3/t14-/m1/s1. The van der Waals surface area contributed by atoms with Crippen molar-refractivity contribution in [3.05, 3.63) is 29.8 Å². The Labute approximate surface area is 128 Å². The predicted molar refractivity (Wildman–Crippen MR) is 86.3 cm³/mol. The van der Waals surface area contributed by atoms with Crippen LogP contribution < -0.4 is 5.32 Å². The summed E-state index contributed by atoms with van der Waals surface area (Å²) in [5, 5.41) is 3.50. The van der Waals surface area contributed by atoms with E-state index in [2.05, 4.69) is 17.1 Å². The molecule has 1 N–H and O–H groups in total. The van der Waals surface area contributed by atoms with E-state index in [1.807, 2.05) is 12.1 Å². The van der Waals surface area contributed by atoms with Gasteiger partial charge in [0.1, 0.15) is 0 Å². The van der Waals surface area contributed by atoms with Crippen LogP contribution in [0.4, 0.5) is 0 Å². The fourth-order valence-electron chi connectivity index (χ4n) is 2.75. The molecule has 1 atom stereocenters. The van der Waals surface area contributed by atoms with E-state index in [0.717, 1.165) is 18.5 Å². The first-order valence-corrected chi connectivity index (χ1v) is 9.62. The molecule has 0 amide bonds. The van der Waals surface area contributed by atoms with Gasteiger partial charge in [-0.2, -0.15) is 0 Å². The van der Waals surface area contributed by atoms with Crippen molar-refractivity contribution in [2.75, 3.05) is 32.4 Å². The van der Waals surface area contributed by atoms with Gasteiger partial charge in [0.15, 0.2) is 9.84 Å². The summed E-state index contributed by atoms with van der Waals surface area (Å²) < 4.78 is 22.9. The minimum absolute atomic E-state index is 0.247. The molecule has 1 aromatic carbocycles. The average molecular weight is 310 g/mol. The van der Waals surface area contributed by atoms with Crippen LogP contribution in [0.3, 0.4) is 0 Å². The van der Waals surface area contributed by atoms with Gasteiger partial charge in [-0.1, -0.05) is 12.1 Å². The number of sulfone groups is 1. The maximum absolute atomic E-state index is 11.4. The fourth-order valence-corrected chi connectivity index (χ4v) is 3.38. The third-order valence-electron chi connectivity index (χ3n) is 4.11. The van der Waals surface area contributed by atoms with E-state index < -0.39 is 9.84 Å². The summed E-state index contributed by atoms with van der Waals surface area (Å²) >= 11 is 0. The number of hydrogen-bond donors (Lipinski definition) is 1. The number of rotatable bonds is 7. The van der Waals surface area contributed by atoms with Crippen molar-refractivity contribution in [2.45, 2.75) is 37.1 Å². The summed E-state index contributed by atoms with van der Waals surface area (Å²) in [6.45, 7) is 6.79. The lowest BCUT2D eigenvalue weighted by Gasteiger charge is -2.17. The molecule has 2 rings (SSSR count). The number of nitrogens with one attached hydrogen (secondary N) is 1. The largest absolute Gasteiger partial charge is 0.310 e. The summed E-state index contributed by atoms with van der Waals surface area (Å²) in [6, 6.07) is 7.42. The van der Waals surface area contributed by atoms with Gasteiger partial charge in [0.25, 0.3) is 0 Å². The first-order chi connectivity index (χ1) is 9.97. The monoisotopic (exact) mass is 310 g/mol. The van der Waals surface area contributed by atoms with Crippen molar-refractivity contribution in [1.82, 2.24) is 10.2 Å². The number of nitrogens with zero attached hydrogens (tertiary/aromatic N) is 1. The maximum atomic E-state index is 11.4. The van der Waals surface area contributed by atoms with E-state index >= 15 is 0 Å². The van der Waals surface area contributed by atoms with E-state index in [9.17, 15) is 8.42 Å². The van der Waals surface area contributed by atoms with Crippen LogP contribution in [0.25, 0.3) is 0 Å². The lowest BCUT2D eigenvalue weighted by atomic mass is 10.1. The number of likely N-dealkylation sites (tertiary alicyclic amines) is 1. The van der Waals surface area contributed by atoms with Crippen molar-refractivity contribution in [3.63, 3.8) is 0 Å². The van der Waals surface area contributed by atoms with Gasteiger partial charge in [0, 0.05) is 12.3 Å². The molecule has 0 spiro atoms. The van der Waals surface area contributed by atoms with Gasteiger partial charge in [-0.3, -0.25) is 0 Å². The van der Waals surface area contributed by atoms with Gasteiger partial charge in [0.05, 0.1) is 4.90 Å². The molecule has 118 valence electrons. The third kappa shape index (κ3) is 5.09. The fraction of sp³-hybridized carbons (Fsp3) is 0.625. The van der Waals surface area contributed by atoms with Gasteiger partial charge < -0.3 is 10.2 Å². The summed E-state index contributed by atoms with van der Waals surface area (Å²) in [6.07, 6.45) is 5.08. The number of hydrogen-bond acceptors (Lipinski definition) is 4. The van der Waals surface area contributed by atoms with Crippen molar-refractivity contribution in [2.24, 2.45) is 0 Å². The highest BCUT2D eigenvalue weighted by Crippen LogP contribution is 2.16. The Hall–Kier alpha value is -0.910. The molecule has 0 bridgehead atoms. The van der Waals surface area contributed by atoms with Crippen LogP contribution >= 0.6 is 0 Å². The van der Waals surface area contributed by atoms with Crippen LogP contribution in [0.5, 0.6) is 0 Å². The van der Waals surface area contributed by atoms with E-state index in [1.54, 1.807) is 12.1 Å². The zero-order valence-corrected chi connectivity index (χ0v) is 13.8. The van der Waals surface area contributed by atoms with E-state index in [-0.39, 0.29) is 6.04 Å². The molecule has 4 nitrogen and oxygen atoms in total. The molecule has 1 saturated heterocycles. The molecule has 1 heterocycles. The Balaban J connectivity index is 1.76. The molecule has 5 heteroatoms. The Morgan fingerprint density at radius 3 is 2.38 bits per heavy atom. The summed E-state index contributed by atoms with van der Waals surface area (Å²) in [5.41, 5.74) is 1.13. The summed E-state index contributed by atoms with van der Waals surface area (Å²) in [4.78, 5) is 2.90. The first-order valence-electron chi connectivity index (χ1n) is 7.72. The third-order valence-corrected chi connectivity index (χ3v) is 5.24. The Kier molecular flexibility index (Phi) is 5.79. The molecule has 1 aliphatic heterocycles. The predicted octanol–water partition coefficient (Wildman–Crippen LogP) is 2.23. The zero-order chi connectivity index (χ0) is 15.3. The lowest BCUT2D eigenvalue weighted by Crippen LogP contribution is -2.26. The van der Waals surface area contributed by atoms with Crippen molar-refractivity contribution in [3.8, 4) is 0 Å². The Morgan fingerprint density at radius 1 is 1.19 bits per heavy atom. The topological polar surface area (TPSA) is 49.4 Å². The van der Waals surface area contributed by atoms with Gasteiger partial charge in [0.2, 0.25) is 0 Å². The molecular weight excluding hydrogens is 284 g/mol. The van der Waals surface area contributed by atoms with Crippen molar-refractivity contribution in [1.29, 1.82) is 0 Å². The highest BCUT2D eigenvalue weighted by atomic mass is 32.2. The minimum Gasteiger partial charge on any atom is -0.310 e. The first kappa shape index (κ1) is 16.5. The van der Waals surface area contributed by atoms with Crippen LogP contribution in [0.15, 0.2) is 29.2 Å². The number of benzene rings is 1. The molecule has 1 aliphatic rings. The van der Waals surface area contributed by atoms with Crippen LogP contribution in [0.1, 0.15) is 37.8 Å². The molecule has 1 fully saturated rings. The average Bonchev–Trinajstić information content (AvgIpc) is 2.96. The second-order valence-electron chi connectivity index (χ2n) is 5.92. The maximum Gasteiger partial charge on any atom is 0.175 e. The van der Waals surface area contributed by atoms with Gasteiger partial charge in [-0.05, 0) is 70.1 Å². The smallest absolute Gasteiger partial charge is 0.175 e. The normalized spacial score (nSPS) is 18.0. The second kappa shape index (κ2) is 7.38. The molecule has 0 saturated carbocycles.